The molecule has 0 rings (SSSR count). The number of esters is 1. The van der Waals surface area contributed by atoms with Crippen LogP contribution in [-0.2, 0) is 9.53 Å². The fourth-order valence-electron chi connectivity index (χ4n) is 0.527. The third-order valence-corrected chi connectivity index (χ3v) is 1.17. The van der Waals surface area contributed by atoms with Crippen molar-refractivity contribution in [1.29, 1.82) is 0 Å². The second kappa shape index (κ2) is 6.31. The van der Waals surface area contributed by atoms with Gasteiger partial charge in [0.15, 0.2) is 0 Å². The zero-order chi connectivity index (χ0) is 14.4. The van der Waals surface area contributed by atoms with Gasteiger partial charge in [-0.3, -0.25) is 0 Å². The Bertz CT molecular complexity index is 264. The first-order chi connectivity index (χ1) is 7.46. The smallest absolute Gasteiger partial charge is 0.434 e. The number of hydrogen-bond acceptors (Lipinski definition) is 2. The van der Waals surface area contributed by atoms with Crippen LogP contribution in [0.3, 0.4) is 0 Å². The van der Waals surface area contributed by atoms with Gasteiger partial charge >= 0.3 is 18.3 Å². The summed E-state index contributed by atoms with van der Waals surface area (Å²) in [5.41, 5.74) is -0.548. The summed E-state index contributed by atoms with van der Waals surface area (Å²) in [5, 5.41) is 0. The van der Waals surface area contributed by atoms with Crippen molar-refractivity contribution in [2.24, 2.45) is 0 Å². The lowest BCUT2D eigenvalue weighted by atomic mass is 10.3. The Labute approximate surface area is 93.6 Å². The maximum Gasteiger partial charge on any atom is 0.434 e. The number of hydrogen-bond donors (Lipinski definition) is 0. The Morgan fingerprint density at radius 3 is 1.53 bits per heavy atom. The zero-order valence-electron chi connectivity index (χ0n) is 8.78. The average molecular weight is 264 g/mol. The predicted molar refractivity (Wildman–Crippen MR) is 48.1 cm³/mol. The molecule has 0 aromatic carbocycles. The van der Waals surface area contributed by atoms with Crippen LogP contribution in [-0.4, -0.2) is 24.4 Å². The first-order valence-electron chi connectivity index (χ1n) is 3.96. The molecule has 0 saturated heterocycles. The van der Waals surface area contributed by atoms with Crippen LogP contribution in [0.4, 0.5) is 26.3 Å². The van der Waals surface area contributed by atoms with Gasteiger partial charge in [-0.2, -0.15) is 26.3 Å². The summed E-state index contributed by atoms with van der Waals surface area (Å²) in [5.74, 6) is -1.74. The van der Waals surface area contributed by atoms with Crippen molar-refractivity contribution in [1.82, 2.24) is 0 Å². The van der Waals surface area contributed by atoms with Gasteiger partial charge < -0.3 is 4.74 Å². The first-order valence-corrected chi connectivity index (χ1v) is 3.96. The Morgan fingerprint density at radius 1 is 1.06 bits per heavy atom. The summed E-state index contributed by atoms with van der Waals surface area (Å²) in [7, 11) is 0. The number of alkyl halides is 6. The number of carbonyl (C=O) groups excluding carboxylic acids is 1. The monoisotopic (exact) mass is 264 g/mol. The molecule has 0 bridgehead atoms. The maximum atomic E-state index is 11.8. The lowest BCUT2D eigenvalue weighted by Crippen LogP contribution is -2.45. The van der Waals surface area contributed by atoms with Gasteiger partial charge in [-0.25, -0.2) is 4.79 Å². The lowest BCUT2D eigenvalue weighted by Gasteiger charge is -2.22. The van der Waals surface area contributed by atoms with Crippen LogP contribution in [0.25, 0.3) is 0 Å². The number of rotatable bonds is 2. The van der Waals surface area contributed by atoms with Crippen LogP contribution in [0, 0.1) is 0 Å². The summed E-state index contributed by atoms with van der Waals surface area (Å²) < 4.78 is 74.1. The van der Waals surface area contributed by atoms with E-state index >= 15 is 0 Å². The topological polar surface area (TPSA) is 26.3 Å². The Kier molecular flexibility index (Phi) is 6.65. The van der Waals surface area contributed by atoms with Gasteiger partial charge in [-0.1, -0.05) is 6.58 Å². The summed E-state index contributed by atoms with van der Waals surface area (Å²) >= 11 is 0. The fourth-order valence-corrected chi connectivity index (χ4v) is 0.527. The van der Waals surface area contributed by atoms with E-state index in [2.05, 4.69) is 24.5 Å². The van der Waals surface area contributed by atoms with Crippen LogP contribution in [0.5, 0.6) is 0 Å². The molecule has 0 saturated carbocycles. The highest BCUT2D eigenvalue weighted by Gasteiger charge is 2.59. The van der Waals surface area contributed by atoms with E-state index in [0.29, 0.717) is 0 Å². The van der Waals surface area contributed by atoms with Gasteiger partial charge in [-0.15, -0.1) is 13.2 Å². The molecule has 0 aromatic heterocycles. The first kappa shape index (κ1) is 17.9. The molecule has 100 valence electrons. The zero-order valence-corrected chi connectivity index (χ0v) is 8.78. The lowest BCUT2D eigenvalue weighted by molar-refractivity contribution is -0.312. The molecule has 0 aliphatic rings. The molecule has 0 unspecified atom stereocenters. The molecular formula is C9H10F6O2. The summed E-state index contributed by atoms with van der Waals surface area (Å²) in [6.07, 6.45) is -15.5. The quantitative estimate of drug-likeness (QED) is 0.330. The van der Waals surface area contributed by atoms with Crippen molar-refractivity contribution in [2.45, 2.75) is 25.4 Å². The molecule has 0 spiro atoms. The molecule has 0 radical (unpaired) electrons. The largest absolute Gasteiger partial charge is 0.439 e. The predicted octanol–water partition coefficient (Wildman–Crippen LogP) is 3.40. The molecule has 0 amide bonds. The van der Waals surface area contributed by atoms with E-state index in [9.17, 15) is 31.1 Å². The highest BCUT2D eigenvalue weighted by atomic mass is 19.4. The van der Waals surface area contributed by atoms with Crippen molar-refractivity contribution >= 4 is 5.97 Å². The third kappa shape index (κ3) is 6.64. The van der Waals surface area contributed by atoms with Crippen molar-refractivity contribution < 1.29 is 35.9 Å². The molecule has 0 N–H and O–H groups in total. The van der Waals surface area contributed by atoms with Gasteiger partial charge in [0.25, 0.3) is 6.10 Å². The molecule has 0 atom stereocenters. The van der Waals surface area contributed by atoms with E-state index in [1.54, 1.807) is 0 Å². The van der Waals surface area contributed by atoms with Crippen molar-refractivity contribution in [3.05, 3.63) is 25.3 Å². The van der Waals surface area contributed by atoms with Gasteiger partial charge in [0.1, 0.15) is 0 Å². The molecule has 2 nitrogen and oxygen atoms in total. The highest BCUT2D eigenvalue weighted by Crippen LogP contribution is 2.35. The van der Waals surface area contributed by atoms with E-state index in [1.807, 2.05) is 0 Å². The molecular weight excluding hydrogens is 254 g/mol. The van der Waals surface area contributed by atoms with Crippen LogP contribution in [0.1, 0.15) is 6.92 Å². The van der Waals surface area contributed by atoms with E-state index < -0.39 is 30.0 Å². The van der Waals surface area contributed by atoms with Crippen molar-refractivity contribution in [3.8, 4) is 0 Å². The summed E-state index contributed by atoms with van der Waals surface area (Å²) in [4.78, 5) is 10.5. The van der Waals surface area contributed by atoms with Crippen LogP contribution >= 0.6 is 0 Å². The van der Waals surface area contributed by atoms with Gasteiger partial charge in [0, 0.05) is 5.57 Å². The SMILES string of the molecule is C=C.C=C(C)C(=O)OC(C(F)(F)F)C(F)(F)F. The fraction of sp³-hybridized carbons (Fsp3) is 0.444. The van der Waals surface area contributed by atoms with Crippen molar-refractivity contribution in [2.75, 3.05) is 0 Å². The highest BCUT2D eigenvalue weighted by molar-refractivity contribution is 5.87. The van der Waals surface area contributed by atoms with E-state index in [4.69, 9.17) is 0 Å². The van der Waals surface area contributed by atoms with Crippen LogP contribution in [0.2, 0.25) is 0 Å². The Balaban J connectivity index is 0. The third-order valence-electron chi connectivity index (χ3n) is 1.17. The average Bonchev–Trinajstić information content (AvgIpc) is 2.13. The molecule has 0 heterocycles. The van der Waals surface area contributed by atoms with Crippen molar-refractivity contribution in [3.63, 3.8) is 0 Å². The molecule has 0 aliphatic carbocycles. The maximum absolute atomic E-state index is 11.8. The van der Waals surface area contributed by atoms with Gasteiger partial charge in [-0.05, 0) is 6.92 Å². The Morgan fingerprint density at radius 2 is 1.35 bits per heavy atom. The van der Waals surface area contributed by atoms with Gasteiger partial charge in [0.05, 0.1) is 0 Å². The van der Waals surface area contributed by atoms with Gasteiger partial charge in [0.2, 0.25) is 0 Å². The minimum Gasteiger partial charge on any atom is -0.439 e. The van der Waals surface area contributed by atoms with Crippen LogP contribution in [0.15, 0.2) is 25.3 Å². The molecule has 17 heavy (non-hydrogen) atoms. The van der Waals surface area contributed by atoms with Crippen LogP contribution < -0.4 is 0 Å². The number of carbonyl (C=O) groups is 1. The van der Waals surface area contributed by atoms with E-state index in [-0.39, 0.29) is 0 Å². The number of halogens is 6. The summed E-state index contributed by atoms with van der Waals surface area (Å²) in [6, 6.07) is 0. The minimum atomic E-state index is -5.69. The Hall–Kier alpha value is -1.47. The van der Waals surface area contributed by atoms with E-state index in [1.165, 1.54) is 0 Å². The normalized spacial score (nSPS) is 11.5. The van der Waals surface area contributed by atoms with E-state index in [0.717, 1.165) is 6.92 Å². The minimum absolute atomic E-state index is 0.548. The molecule has 0 aromatic rings. The molecule has 8 heteroatoms. The molecule has 0 fully saturated rings. The molecule has 0 aliphatic heterocycles. The second-order valence-electron chi connectivity index (χ2n) is 2.65. The standard InChI is InChI=1S/C7H6F6O2.C2H4/c1-3(2)4(14)15-5(6(8,9)10)7(11,12)13;1-2/h5H,1H2,2H3;1-2H2. The summed E-state index contributed by atoms with van der Waals surface area (Å²) in [6.45, 7) is 9.80. The second-order valence-corrected chi connectivity index (χ2v) is 2.65. The number of ether oxygens (including phenoxy) is 1.